The quantitative estimate of drug-likeness (QED) is 0.901. The number of ether oxygens (including phenoxy) is 2. The van der Waals surface area contributed by atoms with Crippen LogP contribution in [0.3, 0.4) is 0 Å². The highest BCUT2D eigenvalue weighted by molar-refractivity contribution is 5.45. The predicted octanol–water partition coefficient (Wildman–Crippen LogP) is 3.54. The monoisotopic (exact) mass is 263 g/mol. The van der Waals surface area contributed by atoms with Crippen molar-refractivity contribution in [2.24, 2.45) is 5.41 Å². The van der Waals surface area contributed by atoms with Crippen molar-refractivity contribution in [3.63, 3.8) is 0 Å². The molecule has 2 rings (SSSR count). The lowest BCUT2D eigenvalue weighted by Crippen LogP contribution is -2.33. The van der Waals surface area contributed by atoms with E-state index in [1.807, 2.05) is 6.07 Å². The third-order valence-electron chi connectivity index (χ3n) is 3.36. The normalized spacial score (nSPS) is 16.2. The molecule has 3 heteroatoms. The van der Waals surface area contributed by atoms with Gasteiger partial charge in [-0.25, -0.2) is 0 Å². The molecule has 0 spiro atoms. The Labute approximate surface area is 116 Å². The minimum absolute atomic E-state index is 0.166. The summed E-state index contributed by atoms with van der Waals surface area (Å²) in [6.07, 6.45) is 1.14. The van der Waals surface area contributed by atoms with E-state index in [0.29, 0.717) is 19.3 Å². The summed E-state index contributed by atoms with van der Waals surface area (Å²) >= 11 is 0. The van der Waals surface area contributed by atoms with Gasteiger partial charge in [-0.15, -0.1) is 0 Å². The van der Waals surface area contributed by atoms with Gasteiger partial charge in [0.25, 0.3) is 0 Å². The molecule has 1 aromatic rings. The van der Waals surface area contributed by atoms with Gasteiger partial charge in [0.2, 0.25) is 0 Å². The van der Waals surface area contributed by atoms with Gasteiger partial charge < -0.3 is 14.8 Å². The maximum absolute atomic E-state index is 5.68. The van der Waals surface area contributed by atoms with E-state index in [1.54, 1.807) is 0 Å². The summed E-state index contributed by atoms with van der Waals surface area (Å²) < 4.78 is 11.3. The number of nitrogens with one attached hydrogen (secondary N) is 1. The van der Waals surface area contributed by atoms with Crippen LogP contribution in [-0.2, 0) is 0 Å². The van der Waals surface area contributed by atoms with E-state index in [-0.39, 0.29) is 5.41 Å². The van der Waals surface area contributed by atoms with Crippen molar-refractivity contribution in [1.29, 1.82) is 0 Å². The number of rotatable bonds is 4. The van der Waals surface area contributed by atoms with Crippen molar-refractivity contribution >= 4 is 0 Å². The summed E-state index contributed by atoms with van der Waals surface area (Å²) in [5, 5.41) is 3.64. The molecule has 0 radical (unpaired) electrons. The minimum Gasteiger partial charge on any atom is -0.486 e. The maximum atomic E-state index is 5.68. The van der Waals surface area contributed by atoms with Crippen LogP contribution in [0.2, 0.25) is 0 Å². The Kier molecular flexibility index (Phi) is 4.35. The second-order valence-corrected chi connectivity index (χ2v) is 6.16. The lowest BCUT2D eigenvalue weighted by atomic mass is 9.82. The highest BCUT2D eigenvalue weighted by atomic mass is 16.6. The van der Waals surface area contributed by atoms with Crippen LogP contribution in [-0.4, -0.2) is 19.8 Å². The number of fused-ring (bicyclic) bond motifs is 1. The van der Waals surface area contributed by atoms with Crippen molar-refractivity contribution in [1.82, 2.24) is 5.32 Å². The molecule has 0 aromatic heterocycles. The fraction of sp³-hybridized carbons (Fsp3) is 0.625. The molecule has 1 aliphatic rings. The lowest BCUT2D eigenvalue weighted by Gasteiger charge is -2.33. The van der Waals surface area contributed by atoms with Crippen molar-refractivity contribution in [3.8, 4) is 11.5 Å². The largest absolute Gasteiger partial charge is 0.486 e. The second-order valence-electron chi connectivity index (χ2n) is 6.16. The van der Waals surface area contributed by atoms with Crippen molar-refractivity contribution < 1.29 is 9.47 Å². The van der Waals surface area contributed by atoms with Crippen LogP contribution >= 0.6 is 0 Å². The topological polar surface area (TPSA) is 30.5 Å². The van der Waals surface area contributed by atoms with E-state index < -0.39 is 0 Å². The molecule has 1 N–H and O–H groups in total. The molecule has 0 saturated heterocycles. The second kappa shape index (κ2) is 5.83. The lowest BCUT2D eigenvalue weighted by molar-refractivity contribution is 0.170. The molecule has 1 aromatic carbocycles. The van der Waals surface area contributed by atoms with Gasteiger partial charge in [0.05, 0.1) is 0 Å². The molecule has 106 valence electrons. The van der Waals surface area contributed by atoms with Gasteiger partial charge in [0, 0.05) is 6.04 Å². The Morgan fingerprint density at radius 2 is 1.84 bits per heavy atom. The van der Waals surface area contributed by atoms with E-state index >= 15 is 0 Å². The first kappa shape index (κ1) is 14.2. The van der Waals surface area contributed by atoms with Crippen LogP contribution < -0.4 is 14.8 Å². The summed E-state index contributed by atoms with van der Waals surface area (Å²) in [6.45, 7) is 11.3. The number of benzene rings is 1. The van der Waals surface area contributed by atoms with Gasteiger partial charge in [-0.3, -0.25) is 0 Å². The molecule has 0 saturated carbocycles. The molecule has 19 heavy (non-hydrogen) atoms. The SMILES string of the molecule is CCCNC(c1ccc2c(c1)OCCO2)C(C)(C)C. The summed E-state index contributed by atoms with van der Waals surface area (Å²) in [5.41, 5.74) is 1.43. The van der Waals surface area contributed by atoms with Gasteiger partial charge in [0.1, 0.15) is 13.2 Å². The van der Waals surface area contributed by atoms with Crippen LogP contribution in [0, 0.1) is 5.41 Å². The Morgan fingerprint density at radius 1 is 1.16 bits per heavy atom. The zero-order valence-electron chi connectivity index (χ0n) is 12.5. The van der Waals surface area contributed by atoms with E-state index in [0.717, 1.165) is 24.5 Å². The van der Waals surface area contributed by atoms with Crippen LogP contribution in [0.1, 0.15) is 45.7 Å². The zero-order valence-corrected chi connectivity index (χ0v) is 12.5. The predicted molar refractivity (Wildman–Crippen MR) is 77.9 cm³/mol. The average molecular weight is 263 g/mol. The molecule has 0 aliphatic carbocycles. The minimum atomic E-state index is 0.166. The number of hydrogen-bond acceptors (Lipinski definition) is 3. The molecule has 0 amide bonds. The molecule has 1 aliphatic heterocycles. The first-order chi connectivity index (χ1) is 9.02. The Morgan fingerprint density at radius 3 is 2.47 bits per heavy atom. The molecule has 0 bridgehead atoms. The van der Waals surface area contributed by atoms with E-state index in [9.17, 15) is 0 Å². The van der Waals surface area contributed by atoms with Crippen molar-refractivity contribution in [2.45, 2.75) is 40.2 Å². The van der Waals surface area contributed by atoms with Gasteiger partial charge in [-0.05, 0) is 36.1 Å². The summed E-state index contributed by atoms with van der Waals surface area (Å²) in [6, 6.07) is 6.61. The molecule has 0 fully saturated rings. The fourth-order valence-electron chi connectivity index (χ4n) is 2.45. The van der Waals surface area contributed by atoms with Crippen molar-refractivity contribution in [3.05, 3.63) is 23.8 Å². The van der Waals surface area contributed by atoms with Gasteiger partial charge in [-0.1, -0.05) is 33.8 Å². The van der Waals surface area contributed by atoms with Crippen molar-refractivity contribution in [2.75, 3.05) is 19.8 Å². The Bertz CT molecular complexity index is 423. The van der Waals surface area contributed by atoms with Crippen LogP contribution in [0.15, 0.2) is 18.2 Å². The fourth-order valence-corrected chi connectivity index (χ4v) is 2.45. The third kappa shape index (κ3) is 3.41. The Balaban J connectivity index is 2.26. The van der Waals surface area contributed by atoms with Gasteiger partial charge in [0.15, 0.2) is 11.5 Å². The van der Waals surface area contributed by atoms with Crippen LogP contribution in [0.4, 0.5) is 0 Å². The smallest absolute Gasteiger partial charge is 0.161 e. The molecular formula is C16H25NO2. The van der Waals surface area contributed by atoms with E-state index in [2.05, 4.69) is 45.1 Å². The Hall–Kier alpha value is -1.22. The van der Waals surface area contributed by atoms with Gasteiger partial charge in [-0.2, -0.15) is 0 Å². The summed E-state index contributed by atoms with van der Waals surface area (Å²) in [4.78, 5) is 0. The molecular weight excluding hydrogens is 238 g/mol. The number of hydrogen-bond donors (Lipinski definition) is 1. The summed E-state index contributed by atoms with van der Waals surface area (Å²) in [7, 11) is 0. The van der Waals surface area contributed by atoms with Crippen LogP contribution in [0.25, 0.3) is 0 Å². The van der Waals surface area contributed by atoms with Gasteiger partial charge >= 0.3 is 0 Å². The molecule has 1 heterocycles. The maximum Gasteiger partial charge on any atom is 0.161 e. The molecule has 1 unspecified atom stereocenters. The zero-order chi connectivity index (χ0) is 13.9. The summed E-state index contributed by atoms with van der Waals surface area (Å²) in [5.74, 6) is 1.73. The first-order valence-electron chi connectivity index (χ1n) is 7.15. The van der Waals surface area contributed by atoms with E-state index in [1.165, 1.54) is 5.56 Å². The third-order valence-corrected chi connectivity index (χ3v) is 3.36. The van der Waals surface area contributed by atoms with E-state index in [4.69, 9.17) is 9.47 Å². The highest BCUT2D eigenvalue weighted by Gasteiger charge is 2.26. The average Bonchev–Trinajstić information content (AvgIpc) is 2.37. The first-order valence-corrected chi connectivity index (χ1v) is 7.15. The molecule has 3 nitrogen and oxygen atoms in total. The molecule has 1 atom stereocenters. The standard InChI is InChI=1S/C16H25NO2/c1-5-8-17-15(16(2,3)4)12-6-7-13-14(11-12)19-10-9-18-13/h6-7,11,15,17H,5,8-10H2,1-4H3. The highest BCUT2D eigenvalue weighted by Crippen LogP contribution is 2.38. The van der Waals surface area contributed by atoms with Crippen LogP contribution in [0.5, 0.6) is 11.5 Å².